The maximum Gasteiger partial charge on any atom is 0.330 e. The van der Waals surface area contributed by atoms with Crippen molar-refractivity contribution in [2.45, 2.75) is 6.54 Å². The Morgan fingerprint density at radius 3 is 2.83 bits per heavy atom. The van der Waals surface area contributed by atoms with E-state index in [9.17, 15) is 9.59 Å². The molecule has 7 heteroatoms. The average molecular weight is 369 g/mol. The van der Waals surface area contributed by atoms with Crippen LogP contribution in [-0.2, 0) is 6.54 Å². The first-order valence-electron chi connectivity index (χ1n) is 6.52. The van der Waals surface area contributed by atoms with Crippen LogP contribution in [0.1, 0.15) is 11.4 Å². The van der Waals surface area contributed by atoms with Gasteiger partial charge in [-0.2, -0.15) is 0 Å². The van der Waals surface area contributed by atoms with Crippen LogP contribution in [0.15, 0.2) is 38.3 Å². The maximum atomic E-state index is 12.2. The zero-order valence-electron chi connectivity index (χ0n) is 11.7. The minimum Gasteiger partial charge on any atom is -0.325 e. The van der Waals surface area contributed by atoms with E-state index < -0.39 is 11.2 Å². The number of fused-ring (bicyclic) bond motifs is 1. The van der Waals surface area contributed by atoms with Crippen molar-refractivity contribution in [3.05, 3.63) is 61.0 Å². The van der Waals surface area contributed by atoms with Gasteiger partial charge in [-0.3, -0.25) is 9.78 Å². The summed E-state index contributed by atoms with van der Waals surface area (Å²) in [6.07, 6.45) is 5.16. The van der Waals surface area contributed by atoms with E-state index in [4.69, 9.17) is 6.42 Å². The fourth-order valence-electron chi connectivity index (χ4n) is 2.01. The molecule has 0 amide bonds. The summed E-state index contributed by atoms with van der Waals surface area (Å²) in [4.78, 5) is 33.4. The molecule has 6 nitrogen and oxygen atoms in total. The number of hydrogen-bond acceptors (Lipinski definition) is 3. The Balaban J connectivity index is 2.09. The van der Waals surface area contributed by atoms with E-state index in [1.807, 2.05) is 24.3 Å². The van der Waals surface area contributed by atoms with Gasteiger partial charge in [0.1, 0.15) is 0 Å². The summed E-state index contributed by atoms with van der Waals surface area (Å²) in [5, 5.41) is 0. The Morgan fingerprint density at radius 2 is 2.09 bits per heavy atom. The number of nitrogens with one attached hydrogen (secondary N) is 2. The highest BCUT2D eigenvalue weighted by molar-refractivity contribution is 9.10. The smallest absolute Gasteiger partial charge is 0.325 e. The summed E-state index contributed by atoms with van der Waals surface area (Å²) in [5.41, 5.74) is -0.00794. The van der Waals surface area contributed by atoms with E-state index in [-0.39, 0.29) is 23.5 Å². The molecule has 0 spiro atoms. The molecule has 112 valence electrons. The minimum atomic E-state index is -0.599. The molecule has 0 radical (unpaired) electrons. The number of rotatable bonds is 1. The van der Waals surface area contributed by atoms with Gasteiger partial charge in [0.05, 0.1) is 6.54 Å². The molecule has 0 fully saturated rings. The summed E-state index contributed by atoms with van der Waals surface area (Å²) in [5.74, 6) is 8.31. The van der Waals surface area contributed by atoms with Crippen LogP contribution in [0.2, 0.25) is 0 Å². The van der Waals surface area contributed by atoms with E-state index in [1.54, 1.807) is 0 Å². The molecule has 0 bridgehead atoms. The molecule has 0 saturated heterocycles. The minimum absolute atomic E-state index is 0.109. The molecule has 3 rings (SSSR count). The first-order valence-corrected chi connectivity index (χ1v) is 7.31. The Morgan fingerprint density at radius 1 is 1.26 bits per heavy atom. The highest BCUT2D eigenvalue weighted by Crippen LogP contribution is 2.10. The Kier molecular flexibility index (Phi) is 3.88. The number of aromatic nitrogens is 4. The molecule has 0 aliphatic carbocycles. The molecule has 1 aromatic carbocycles. The van der Waals surface area contributed by atoms with Gasteiger partial charge in [0.15, 0.2) is 17.0 Å². The molecule has 3 aromatic rings. The fourth-order valence-corrected chi connectivity index (χ4v) is 2.41. The van der Waals surface area contributed by atoms with Crippen molar-refractivity contribution in [1.82, 2.24) is 19.5 Å². The quantitative estimate of drug-likeness (QED) is 0.633. The molecule has 23 heavy (non-hydrogen) atoms. The van der Waals surface area contributed by atoms with E-state index in [2.05, 4.69) is 48.6 Å². The molecule has 0 saturated carbocycles. The van der Waals surface area contributed by atoms with Crippen LogP contribution in [0.5, 0.6) is 0 Å². The monoisotopic (exact) mass is 368 g/mol. The number of imidazole rings is 1. The van der Waals surface area contributed by atoms with Crippen molar-refractivity contribution in [2.75, 3.05) is 0 Å². The number of H-pyrrole nitrogens is 2. The molecule has 0 unspecified atom stereocenters. The normalized spacial score (nSPS) is 10.1. The number of halogens is 1. The number of hydrogen-bond donors (Lipinski definition) is 2. The second-order valence-corrected chi connectivity index (χ2v) is 5.51. The van der Waals surface area contributed by atoms with Crippen LogP contribution in [0, 0.1) is 24.2 Å². The van der Waals surface area contributed by atoms with Crippen LogP contribution in [0.25, 0.3) is 11.2 Å². The summed E-state index contributed by atoms with van der Waals surface area (Å²) in [6.45, 7) is -0.109. The Hall–Kier alpha value is -3.03. The third-order valence-electron chi connectivity index (χ3n) is 3.03. The lowest BCUT2D eigenvalue weighted by atomic mass is 10.2. The lowest BCUT2D eigenvalue weighted by molar-refractivity contribution is 0.739. The summed E-state index contributed by atoms with van der Waals surface area (Å²) in [7, 11) is 0. The molecular formula is C16H9BrN4O2. The first kappa shape index (κ1) is 14.9. The molecular weight excluding hydrogens is 360 g/mol. The van der Waals surface area contributed by atoms with Crippen LogP contribution in [-0.4, -0.2) is 19.5 Å². The van der Waals surface area contributed by atoms with Crippen LogP contribution >= 0.6 is 15.9 Å². The molecule has 2 aromatic heterocycles. The van der Waals surface area contributed by atoms with Crippen molar-refractivity contribution in [3.63, 3.8) is 0 Å². The van der Waals surface area contributed by atoms with Crippen molar-refractivity contribution in [3.8, 4) is 24.2 Å². The Bertz CT molecular complexity index is 1120. The molecule has 0 aliphatic rings. The van der Waals surface area contributed by atoms with Gasteiger partial charge in [0.2, 0.25) is 0 Å². The number of benzene rings is 1. The predicted octanol–water partition coefficient (Wildman–Crippen LogP) is 1.21. The van der Waals surface area contributed by atoms with Crippen molar-refractivity contribution >= 4 is 27.1 Å². The van der Waals surface area contributed by atoms with Gasteiger partial charge in [0.25, 0.3) is 5.56 Å². The predicted molar refractivity (Wildman–Crippen MR) is 89.9 cm³/mol. The topological polar surface area (TPSA) is 83.5 Å². The Labute approximate surface area is 138 Å². The summed E-state index contributed by atoms with van der Waals surface area (Å²) >= 11 is 3.37. The second-order valence-electron chi connectivity index (χ2n) is 4.59. The lowest BCUT2D eigenvalue weighted by Gasteiger charge is -1.97. The first-order chi connectivity index (χ1) is 11.1. The standard InChI is InChI=1S/C16H9BrN4O2/c1-2-8-21-15(22)13-14(20-16(21)23)19-12(18-13)7-6-10-4-3-5-11(17)9-10/h1,3-5,9H,8H2,(H,18,19)(H,20,23). The van der Waals surface area contributed by atoms with Gasteiger partial charge in [-0.25, -0.2) is 14.3 Å². The maximum absolute atomic E-state index is 12.2. The largest absolute Gasteiger partial charge is 0.330 e. The molecule has 0 atom stereocenters. The van der Waals surface area contributed by atoms with Crippen molar-refractivity contribution in [2.24, 2.45) is 0 Å². The summed E-state index contributed by atoms with van der Waals surface area (Å²) in [6, 6.07) is 7.47. The van der Waals surface area contributed by atoms with Gasteiger partial charge in [-0.15, -0.1) is 6.42 Å². The van der Waals surface area contributed by atoms with Crippen LogP contribution < -0.4 is 11.2 Å². The van der Waals surface area contributed by atoms with Crippen molar-refractivity contribution < 1.29 is 0 Å². The van der Waals surface area contributed by atoms with Gasteiger partial charge in [-0.05, 0) is 24.1 Å². The summed E-state index contributed by atoms with van der Waals surface area (Å²) < 4.78 is 1.84. The number of nitrogens with zero attached hydrogens (tertiary/aromatic N) is 2. The average Bonchev–Trinajstić information content (AvgIpc) is 2.93. The zero-order chi connectivity index (χ0) is 16.4. The van der Waals surface area contributed by atoms with E-state index in [0.717, 1.165) is 14.6 Å². The van der Waals surface area contributed by atoms with Gasteiger partial charge < -0.3 is 4.98 Å². The highest BCUT2D eigenvalue weighted by Gasteiger charge is 2.10. The second kappa shape index (κ2) is 5.99. The van der Waals surface area contributed by atoms with E-state index >= 15 is 0 Å². The molecule has 2 heterocycles. The van der Waals surface area contributed by atoms with Crippen LogP contribution in [0.4, 0.5) is 0 Å². The SMILES string of the molecule is C#CCn1c(=O)[nH]c2nc(C#Cc3cccc(Br)c3)[nH]c2c1=O. The van der Waals surface area contributed by atoms with Gasteiger partial charge in [-0.1, -0.05) is 33.8 Å². The third-order valence-corrected chi connectivity index (χ3v) is 3.53. The van der Waals surface area contributed by atoms with Crippen LogP contribution in [0.3, 0.4) is 0 Å². The van der Waals surface area contributed by atoms with E-state index in [0.29, 0.717) is 0 Å². The van der Waals surface area contributed by atoms with Gasteiger partial charge in [0, 0.05) is 10.0 Å². The van der Waals surface area contributed by atoms with Gasteiger partial charge >= 0.3 is 5.69 Å². The third kappa shape index (κ3) is 2.96. The lowest BCUT2D eigenvalue weighted by Crippen LogP contribution is -2.34. The van der Waals surface area contributed by atoms with Crippen molar-refractivity contribution in [1.29, 1.82) is 0 Å². The zero-order valence-corrected chi connectivity index (χ0v) is 13.3. The fraction of sp³-hybridized carbons (Fsp3) is 0.0625. The number of terminal acetylenes is 1. The van der Waals surface area contributed by atoms with E-state index in [1.165, 1.54) is 0 Å². The molecule has 0 aliphatic heterocycles. The highest BCUT2D eigenvalue weighted by atomic mass is 79.9. The number of aromatic amines is 2. The molecule has 2 N–H and O–H groups in total.